The molecule has 2 heterocycles. The molecular weight excluding hydrogens is 296 g/mol. The molecule has 23 heavy (non-hydrogen) atoms. The van der Waals surface area contributed by atoms with Crippen molar-refractivity contribution in [1.29, 1.82) is 0 Å². The number of carbonyl (C=O) groups is 1. The SMILES string of the molecule is Cc1ccc(C(=O)Cn2cnc3c2c(=O)n(C)c(=O)n3C)cc1. The minimum atomic E-state index is -0.461. The maximum atomic E-state index is 12.4. The van der Waals surface area contributed by atoms with E-state index >= 15 is 0 Å². The number of Topliss-reactive ketones (excluding diaryl/α,β-unsaturated/α-hetero) is 1. The predicted octanol–water partition coefficient (Wildman–Crippen LogP) is 0.625. The molecular formula is C16H16N4O3. The van der Waals surface area contributed by atoms with Gasteiger partial charge in [-0.15, -0.1) is 0 Å². The molecule has 0 aliphatic rings. The number of hydrogen-bond donors (Lipinski definition) is 0. The fraction of sp³-hybridized carbons (Fsp3) is 0.250. The predicted molar refractivity (Wildman–Crippen MR) is 85.7 cm³/mol. The van der Waals surface area contributed by atoms with E-state index < -0.39 is 11.2 Å². The molecule has 2 aromatic heterocycles. The summed E-state index contributed by atoms with van der Waals surface area (Å²) in [5.41, 5.74) is 1.25. The van der Waals surface area contributed by atoms with Gasteiger partial charge in [-0.2, -0.15) is 0 Å². The smallest absolute Gasteiger partial charge is 0.317 e. The fourth-order valence-electron chi connectivity index (χ4n) is 2.50. The first kappa shape index (κ1) is 15.0. The first-order chi connectivity index (χ1) is 10.9. The summed E-state index contributed by atoms with van der Waals surface area (Å²) in [5.74, 6) is -0.125. The number of fused-ring (bicyclic) bond motifs is 1. The number of hydrogen-bond acceptors (Lipinski definition) is 4. The molecule has 0 N–H and O–H groups in total. The average Bonchev–Trinajstić information content (AvgIpc) is 2.95. The Morgan fingerprint density at radius 2 is 1.74 bits per heavy atom. The molecule has 3 aromatic rings. The van der Waals surface area contributed by atoms with E-state index in [4.69, 9.17) is 0 Å². The Labute approximate surface area is 131 Å². The van der Waals surface area contributed by atoms with Crippen LogP contribution in [0.1, 0.15) is 15.9 Å². The summed E-state index contributed by atoms with van der Waals surface area (Å²) in [7, 11) is 2.95. The minimum Gasteiger partial charge on any atom is -0.317 e. The largest absolute Gasteiger partial charge is 0.332 e. The molecule has 3 rings (SSSR count). The highest BCUT2D eigenvalue weighted by Gasteiger charge is 2.16. The van der Waals surface area contributed by atoms with Gasteiger partial charge in [-0.25, -0.2) is 9.78 Å². The number of aromatic nitrogens is 4. The van der Waals surface area contributed by atoms with Crippen molar-refractivity contribution < 1.29 is 4.79 Å². The topological polar surface area (TPSA) is 78.9 Å². The number of rotatable bonds is 3. The van der Waals surface area contributed by atoms with E-state index in [1.807, 2.05) is 19.1 Å². The van der Waals surface area contributed by atoms with Gasteiger partial charge < -0.3 is 4.57 Å². The van der Waals surface area contributed by atoms with Crippen molar-refractivity contribution in [1.82, 2.24) is 18.7 Å². The lowest BCUT2D eigenvalue weighted by Crippen LogP contribution is -2.37. The molecule has 118 valence electrons. The van der Waals surface area contributed by atoms with Crippen molar-refractivity contribution in [2.75, 3.05) is 0 Å². The van der Waals surface area contributed by atoms with Crippen molar-refractivity contribution in [3.05, 3.63) is 62.6 Å². The summed E-state index contributed by atoms with van der Waals surface area (Å²) in [6.07, 6.45) is 1.41. The van der Waals surface area contributed by atoms with Gasteiger partial charge >= 0.3 is 5.69 Å². The minimum absolute atomic E-state index is 0.00694. The van der Waals surface area contributed by atoms with Crippen LogP contribution in [0.3, 0.4) is 0 Å². The van der Waals surface area contributed by atoms with Crippen LogP contribution in [0.15, 0.2) is 40.2 Å². The number of imidazole rings is 1. The van der Waals surface area contributed by atoms with Crippen molar-refractivity contribution in [2.24, 2.45) is 14.1 Å². The third-order valence-electron chi connectivity index (χ3n) is 3.90. The van der Waals surface area contributed by atoms with Crippen LogP contribution in [0.2, 0.25) is 0 Å². The van der Waals surface area contributed by atoms with E-state index in [1.54, 1.807) is 19.2 Å². The van der Waals surface area contributed by atoms with Crippen LogP contribution in [0.5, 0.6) is 0 Å². The molecule has 0 saturated carbocycles. The van der Waals surface area contributed by atoms with E-state index in [-0.39, 0.29) is 23.5 Å². The maximum Gasteiger partial charge on any atom is 0.332 e. The van der Waals surface area contributed by atoms with Gasteiger partial charge in [0.1, 0.15) is 0 Å². The molecule has 0 unspecified atom stereocenters. The Hall–Kier alpha value is -2.96. The summed E-state index contributed by atoms with van der Waals surface area (Å²) < 4.78 is 3.79. The van der Waals surface area contributed by atoms with Crippen LogP contribution in [0.4, 0.5) is 0 Å². The molecule has 1 aromatic carbocycles. The van der Waals surface area contributed by atoms with Gasteiger partial charge in [0.25, 0.3) is 5.56 Å². The van der Waals surface area contributed by atoms with E-state index in [0.29, 0.717) is 5.56 Å². The van der Waals surface area contributed by atoms with Crippen molar-refractivity contribution in [3.63, 3.8) is 0 Å². The van der Waals surface area contributed by atoms with Gasteiger partial charge in [0.05, 0.1) is 12.9 Å². The molecule has 7 nitrogen and oxygen atoms in total. The zero-order chi connectivity index (χ0) is 16.7. The fourth-order valence-corrected chi connectivity index (χ4v) is 2.50. The van der Waals surface area contributed by atoms with Crippen LogP contribution in [-0.2, 0) is 20.6 Å². The molecule has 0 amide bonds. The van der Waals surface area contributed by atoms with Gasteiger partial charge in [-0.3, -0.25) is 18.7 Å². The third kappa shape index (κ3) is 2.40. The molecule has 0 bridgehead atoms. The Morgan fingerprint density at radius 1 is 1.09 bits per heavy atom. The van der Waals surface area contributed by atoms with Crippen molar-refractivity contribution in [3.8, 4) is 0 Å². The van der Waals surface area contributed by atoms with Crippen LogP contribution in [-0.4, -0.2) is 24.5 Å². The molecule has 0 aliphatic heterocycles. The van der Waals surface area contributed by atoms with Gasteiger partial charge in [0, 0.05) is 19.7 Å². The lowest BCUT2D eigenvalue weighted by molar-refractivity contribution is 0.0973. The van der Waals surface area contributed by atoms with E-state index in [1.165, 1.54) is 22.5 Å². The average molecular weight is 312 g/mol. The molecule has 0 aliphatic carbocycles. The lowest BCUT2D eigenvalue weighted by Gasteiger charge is -2.06. The third-order valence-corrected chi connectivity index (χ3v) is 3.90. The Balaban J connectivity index is 2.08. The molecule has 0 atom stereocenters. The Kier molecular flexibility index (Phi) is 3.48. The molecule has 0 saturated heterocycles. The first-order valence-corrected chi connectivity index (χ1v) is 7.11. The van der Waals surface area contributed by atoms with E-state index in [0.717, 1.165) is 10.1 Å². The number of ketones is 1. The summed E-state index contributed by atoms with van der Waals surface area (Å²) in [6.45, 7) is 1.94. The summed E-state index contributed by atoms with van der Waals surface area (Å²) in [6, 6.07) is 7.24. The van der Waals surface area contributed by atoms with Crippen LogP contribution in [0, 0.1) is 6.92 Å². The standard InChI is InChI=1S/C16H16N4O3/c1-10-4-6-11(7-5-10)12(21)8-20-9-17-14-13(20)15(22)19(3)16(23)18(14)2/h4-7,9H,8H2,1-3H3. The maximum absolute atomic E-state index is 12.4. The van der Waals surface area contributed by atoms with Crippen LogP contribution < -0.4 is 11.2 Å². The van der Waals surface area contributed by atoms with Gasteiger partial charge in [0.2, 0.25) is 0 Å². The number of nitrogens with zero attached hydrogens (tertiary/aromatic N) is 4. The van der Waals surface area contributed by atoms with Crippen LogP contribution in [0.25, 0.3) is 11.2 Å². The molecule has 0 radical (unpaired) electrons. The number of benzene rings is 1. The van der Waals surface area contributed by atoms with E-state index in [9.17, 15) is 14.4 Å². The second-order valence-corrected chi connectivity index (χ2v) is 5.54. The first-order valence-electron chi connectivity index (χ1n) is 7.11. The zero-order valence-corrected chi connectivity index (χ0v) is 13.1. The van der Waals surface area contributed by atoms with Gasteiger partial charge in [-0.05, 0) is 6.92 Å². The second-order valence-electron chi connectivity index (χ2n) is 5.54. The lowest BCUT2D eigenvalue weighted by atomic mass is 10.1. The highest BCUT2D eigenvalue weighted by Crippen LogP contribution is 2.09. The quantitative estimate of drug-likeness (QED) is 0.664. The number of aryl methyl sites for hydroxylation is 2. The summed E-state index contributed by atoms with van der Waals surface area (Å²) in [5, 5.41) is 0. The van der Waals surface area contributed by atoms with Crippen molar-refractivity contribution >= 4 is 16.9 Å². The van der Waals surface area contributed by atoms with Crippen LogP contribution >= 0.6 is 0 Å². The van der Waals surface area contributed by atoms with Gasteiger partial charge in [-0.1, -0.05) is 29.8 Å². The normalized spacial score (nSPS) is 11.1. The zero-order valence-electron chi connectivity index (χ0n) is 13.1. The molecule has 0 fully saturated rings. The summed E-state index contributed by atoms with van der Waals surface area (Å²) >= 11 is 0. The second kappa shape index (κ2) is 5.35. The van der Waals surface area contributed by atoms with E-state index in [2.05, 4.69) is 4.98 Å². The number of carbonyl (C=O) groups excluding carboxylic acids is 1. The summed E-state index contributed by atoms with van der Waals surface area (Å²) in [4.78, 5) is 40.7. The molecule has 0 spiro atoms. The van der Waals surface area contributed by atoms with Crippen molar-refractivity contribution in [2.45, 2.75) is 13.5 Å². The monoisotopic (exact) mass is 312 g/mol. The Bertz CT molecular complexity index is 1020. The Morgan fingerprint density at radius 3 is 2.39 bits per heavy atom. The molecule has 7 heteroatoms. The highest BCUT2D eigenvalue weighted by molar-refractivity contribution is 5.96. The highest BCUT2D eigenvalue weighted by atomic mass is 16.2. The van der Waals surface area contributed by atoms with Gasteiger partial charge in [0.15, 0.2) is 16.9 Å².